The number of carbonyl (C=O) groups excluding carboxylic acids is 2. The fraction of sp³-hybridized carbons (Fsp3) is 0.538. The van der Waals surface area contributed by atoms with E-state index in [0.29, 0.717) is 24.7 Å². The van der Waals surface area contributed by atoms with Gasteiger partial charge in [0, 0.05) is 12.6 Å². The molecule has 8 heteroatoms. The summed E-state index contributed by atoms with van der Waals surface area (Å²) in [7, 11) is 1.48. The lowest BCUT2D eigenvalue weighted by atomic mass is 10.2. The molecule has 2 rings (SSSR count). The summed E-state index contributed by atoms with van der Waals surface area (Å²) in [5.74, 6) is 0.597. The number of nitrogens with one attached hydrogen (secondary N) is 2. The van der Waals surface area contributed by atoms with E-state index >= 15 is 0 Å². The molecule has 21 heavy (non-hydrogen) atoms. The lowest BCUT2D eigenvalue weighted by molar-refractivity contribution is -0.130. The third-order valence-electron chi connectivity index (χ3n) is 3.25. The zero-order valence-electron chi connectivity index (χ0n) is 12.3. The number of hydrogen-bond acceptors (Lipinski definition) is 5. The van der Waals surface area contributed by atoms with Crippen molar-refractivity contribution in [1.29, 1.82) is 0 Å². The maximum absolute atomic E-state index is 12.1. The van der Waals surface area contributed by atoms with Gasteiger partial charge in [0.1, 0.15) is 6.04 Å². The summed E-state index contributed by atoms with van der Waals surface area (Å²) in [6.07, 6.45) is 3.39. The number of methoxy groups -OCH3 is 1. The molecule has 0 aliphatic carbocycles. The highest BCUT2D eigenvalue weighted by Crippen LogP contribution is 2.14. The van der Waals surface area contributed by atoms with Crippen molar-refractivity contribution in [1.82, 2.24) is 20.2 Å². The highest BCUT2D eigenvalue weighted by atomic mass is 16.5. The summed E-state index contributed by atoms with van der Waals surface area (Å²) < 4.78 is 4.88. The molecule has 1 aromatic heterocycles. The van der Waals surface area contributed by atoms with Gasteiger partial charge < -0.3 is 15.0 Å². The standard InChI is InChI=1S/C13H19N5O3/c1-8(2)18-5-4-9(12(18)19)16-13(20)17-10-6-15-11(21-3)7-14-10/h6-9H,4-5H2,1-3H3,(H2,14,16,17,20). The van der Waals surface area contributed by atoms with Crippen LogP contribution in [0.2, 0.25) is 0 Å². The first-order valence-electron chi connectivity index (χ1n) is 6.75. The summed E-state index contributed by atoms with van der Waals surface area (Å²) in [5, 5.41) is 5.19. The number of anilines is 1. The summed E-state index contributed by atoms with van der Waals surface area (Å²) in [6.45, 7) is 4.56. The molecule has 3 amide bonds. The molecular weight excluding hydrogens is 274 g/mol. The van der Waals surface area contributed by atoms with Gasteiger partial charge in [-0.15, -0.1) is 0 Å². The molecule has 8 nitrogen and oxygen atoms in total. The number of likely N-dealkylation sites (tertiary alicyclic amines) is 1. The quantitative estimate of drug-likeness (QED) is 0.848. The van der Waals surface area contributed by atoms with E-state index in [9.17, 15) is 9.59 Å². The predicted octanol–water partition coefficient (Wildman–Crippen LogP) is 0.616. The van der Waals surface area contributed by atoms with E-state index in [4.69, 9.17) is 4.74 Å². The molecule has 1 fully saturated rings. The molecular formula is C13H19N5O3. The minimum Gasteiger partial charge on any atom is -0.480 e. The molecule has 2 N–H and O–H groups in total. The molecule has 0 saturated carbocycles. The monoisotopic (exact) mass is 293 g/mol. The van der Waals surface area contributed by atoms with Crippen LogP contribution in [0.15, 0.2) is 12.4 Å². The van der Waals surface area contributed by atoms with Crippen LogP contribution in [-0.4, -0.2) is 52.5 Å². The zero-order chi connectivity index (χ0) is 15.4. The van der Waals surface area contributed by atoms with Crippen molar-refractivity contribution in [2.45, 2.75) is 32.4 Å². The Bertz CT molecular complexity index is 517. The molecule has 1 aromatic rings. The van der Waals surface area contributed by atoms with Crippen molar-refractivity contribution in [3.8, 4) is 5.88 Å². The Morgan fingerprint density at radius 2 is 2.19 bits per heavy atom. The van der Waals surface area contributed by atoms with Gasteiger partial charge >= 0.3 is 6.03 Å². The second-order valence-electron chi connectivity index (χ2n) is 5.01. The van der Waals surface area contributed by atoms with Crippen LogP contribution in [0, 0.1) is 0 Å². The van der Waals surface area contributed by atoms with Crippen LogP contribution in [0.3, 0.4) is 0 Å². The molecule has 0 radical (unpaired) electrons. The normalized spacial score (nSPS) is 18.0. The van der Waals surface area contributed by atoms with E-state index in [0.717, 1.165) is 0 Å². The van der Waals surface area contributed by atoms with Crippen LogP contribution in [0.25, 0.3) is 0 Å². The Morgan fingerprint density at radius 1 is 1.43 bits per heavy atom. The van der Waals surface area contributed by atoms with Crippen molar-refractivity contribution in [2.24, 2.45) is 0 Å². The van der Waals surface area contributed by atoms with Crippen LogP contribution >= 0.6 is 0 Å². The van der Waals surface area contributed by atoms with Gasteiger partial charge in [-0.3, -0.25) is 10.1 Å². The summed E-state index contributed by atoms with van der Waals surface area (Å²) in [6, 6.07) is -0.822. The first-order valence-corrected chi connectivity index (χ1v) is 6.75. The van der Waals surface area contributed by atoms with Crippen molar-refractivity contribution >= 4 is 17.8 Å². The van der Waals surface area contributed by atoms with Crippen molar-refractivity contribution in [3.63, 3.8) is 0 Å². The molecule has 1 unspecified atom stereocenters. The molecule has 1 saturated heterocycles. The number of aromatic nitrogens is 2. The first-order chi connectivity index (χ1) is 10.0. The van der Waals surface area contributed by atoms with Crippen LogP contribution in [0.4, 0.5) is 10.6 Å². The summed E-state index contributed by atoms with van der Waals surface area (Å²) >= 11 is 0. The Labute approximate surface area is 122 Å². The van der Waals surface area contributed by atoms with E-state index in [1.54, 1.807) is 4.90 Å². The number of amides is 3. The minimum atomic E-state index is -0.487. The number of urea groups is 1. The van der Waals surface area contributed by atoms with E-state index in [2.05, 4.69) is 20.6 Å². The molecule has 0 bridgehead atoms. The number of nitrogens with zero attached hydrogens (tertiary/aromatic N) is 3. The minimum absolute atomic E-state index is 0.0547. The second kappa shape index (κ2) is 6.38. The molecule has 1 atom stereocenters. The number of ether oxygens (including phenoxy) is 1. The lowest BCUT2D eigenvalue weighted by Gasteiger charge is -2.21. The van der Waals surface area contributed by atoms with Crippen LogP contribution in [0.5, 0.6) is 5.88 Å². The van der Waals surface area contributed by atoms with Gasteiger partial charge in [-0.05, 0) is 20.3 Å². The first kappa shape index (κ1) is 15.0. The van der Waals surface area contributed by atoms with E-state index < -0.39 is 12.1 Å². The predicted molar refractivity (Wildman–Crippen MR) is 76.0 cm³/mol. The molecule has 114 valence electrons. The molecule has 1 aliphatic heterocycles. The SMILES string of the molecule is COc1cnc(NC(=O)NC2CCN(C(C)C)C2=O)cn1. The van der Waals surface area contributed by atoms with Gasteiger partial charge in [-0.1, -0.05) is 0 Å². The largest absolute Gasteiger partial charge is 0.480 e. The van der Waals surface area contributed by atoms with Gasteiger partial charge in [0.15, 0.2) is 5.82 Å². The Balaban J connectivity index is 1.88. The number of rotatable bonds is 4. The smallest absolute Gasteiger partial charge is 0.321 e. The van der Waals surface area contributed by atoms with Gasteiger partial charge in [0.05, 0.1) is 19.5 Å². The lowest BCUT2D eigenvalue weighted by Crippen LogP contribution is -2.44. The van der Waals surface area contributed by atoms with Gasteiger partial charge in [-0.25, -0.2) is 14.8 Å². The van der Waals surface area contributed by atoms with Crippen LogP contribution < -0.4 is 15.4 Å². The third-order valence-corrected chi connectivity index (χ3v) is 3.25. The Kier molecular flexibility index (Phi) is 4.56. The Morgan fingerprint density at radius 3 is 2.71 bits per heavy atom. The highest BCUT2D eigenvalue weighted by molar-refractivity contribution is 5.93. The van der Waals surface area contributed by atoms with E-state index in [1.807, 2.05) is 13.8 Å². The molecule has 0 aromatic carbocycles. The van der Waals surface area contributed by atoms with E-state index in [1.165, 1.54) is 19.5 Å². The second-order valence-corrected chi connectivity index (χ2v) is 5.01. The maximum Gasteiger partial charge on any atom is 0.321 e. The molecule has 1 aliphatic rings. The van der Waals surface area contributed by atoms with Crippen LogP contribution in [-0.2, 0) is 4.79 Å². The fourth-order valence-electron chi connectivity index (χ4n) is 2.15. The van der Waals surface area contributed by atoms with Crippen molar-refractivity contribution in [2.75, 3.05) is 19.0 Å². The zero-order valence-corrected chi connectivity index (χ0v) is 12.3. The third kappa shape index (κ3) is 3.59. The highest BCUT2D eigenvalue weighted by Gasteiger charge is 2.33. The maximum atomic E-state index is 12.1. The molecule has 0 spiro atoms. The van der Waals surface area contributed by atoms with Gasteiger partial charge in [-0.2, -0.15) is 0 Å². The van der Waals surface area contributed by atoms with Crippen molar-refractivity contribution in [3.05, 3.63) is 12.4 Å². The summed E-state index contributed by atoms with van der Waals surface area (Å²) in [4.78, 5) is 33.6. The van der Waals surface area contributed by atoms with E-state index in [-0.39, 0.29) is 11.9 Å². The van der Waals surface area contributed by atoms with Gasteiger partial charge in [0.25, 0.3) is 0 Å². The number of hydrogen-bond donors (Lipinski definition) is 2. The fourth-order valence-corrected chi connectivity index (χ4v) is 2.15. The summed E-state index contributed by atoms with van der Waals surface area (Å²) in [5.41, 5.74) is 0. The van der Waals surface area contributed by atoms with Crippen molar-refractivity contribution < 1.29 is 14.3 Å². The Hall–Kier alpha value is -2.38. The van der Waals surface area contributed by atoms with Crippen LogP contribution in [0.1, 0.15) is 20.3 Å². The molecule has 2 heterocycles. The average molecular weight is 293 g/mol. The topological polar surface area (TPSA) is 96.5 Å². The average Bonchev–Trinajstić information content (AvgIpc) is 2.81. The van der Waals surface area contributed by atoms with Gasteiger partial charge in [0.2, 0.25) is 11.8 Å². The number of carbonyl (C=O) groups is 2.